The highest BCUT2D eigenvalue weighted by molar-refractivity contribution is 6.00. The quantitative estimate of drug-likeness (QED) is 0.666. The maximum atomic E-state index is 13.2. The first kappa shape index (κ1) is 12.9. The summed E-state index contributed by atoms with van der Waals surface area (Å²) in [6, 6.07) is 3.98. The van der Waals surface area contributed by atoms with E-state index in [2.05, 4.69) is 0 Å². The maximum absolute atomic E-state index is 13.2. The van der Waals surface area contributed by atoms with E-state index in [1.54, 1.807) is 0 Å². The van der Waals surface area contributed by atoms with Gasteiger partial charge in [0.15, 0.2) is 5.78 Å². The Labute approximate surface area is 103 Å². The second-order valence-electron chi connectivity index (χ2n) is 4.79. The van der Waals surface area contributed by atoms with E-state index in [9.17, 15) is 18.0 Å². The lowest BCUT2D eigenvalue weighted by atomic mass is 9.96. The third-order valence-corrected chi connectivity index (χ3v) is 3.33. The summed E-state index contributed by atoms with van der Waals surface area (Å²) in [5.41, 5.74) is 5.35. The Hall–Kier alpha value is -1.52. The summed E-state index contributed by atoms with van der Waals surface area (Å²) in [6.07, 6.45) is -0.116. The highest BCUT2D eigenvalue weighted by Crippen LogP contribution is 2.40. The van der Waals surface area contributed by atoms with E-state index in [0.29, 0.717) is 6.42 Å². The molecule has 1 atom stereocenters. The van der Waals surface area contributed by atoms with Gasteiger partial charge in [-0.3, -0.25) is 4.79 Å². The molecule has 2 rings (SSSR count). The molecule has 1 aromatic carbocycles. The molecule has 1 saturated carbocycles. The third-order valence-electron chi connectivity index (χ3n) is 3.33. The van der Waals surface area contributed by atoms with Crippen molar-refractivity contribution in [2.24, 2.45) is 5.92 Å². The average molecular weight is 257 g/mol. The van der Waals surface area contributed by atoms with Crippen LogP contribution in [0.1, 0.15) is 36.0 Å². The monoisotopic (exact) mass is 257 g/mol. The number of Topliss-reactive ketones (excluding diaryl/α,β-unsaturated/α-hetero) is 1. The number of hydrogen-bond acceptors (Lipinski definition) is 2. The number of carbonyl (C=O) groups is 1. The van der Waals surface area contributed by atoms with Gasteiger partial charge < -0.3 is 5.73 Å². The Bertz CT molecular complexity index is 473. The number of ketones is 1. The highest BCUT2D eigenvalue weighted by atomic mass is 19.3. The third kappa shape index (κ3) is 2.66. The lowest BCUT2D eigenvalue weighted by Gasteiger charge is -2.11. The second kappa shape index (κ2) is 4.63. The zero-order valence-corrected chi connectivity index (χ0v) is 9.76. The molecule has 2 N–H and O–H groups in total. The predicted molar refractivity (Wildman–Crippen MR) is 62.0 cm³/mol. The van der Waals surface area contributed by atoms with Crippen molar-refractivity contribution in [1.82, 2.24) is 0 Å². The van der Waals surface area contributed by atoms with Crippen molar-refractivity contribution >= 4 is 11.5 Å². The molecule has 98 valence electrons. The van der Waals surface area contributed by atoms with Crippen molar-refractivity contribution in [2.75, 3.05) is 5.73 Å². The number of benzene rings is 1. The first-order valence-electron chi connectivity index (χ1n) is 5.84. The van der Waals surface area contributed by atoms with Crippen molar-refractivity contribution in [3.8, 4) is 0 Å². The zero-order valence-electron chi connectivity index (χ0n) is 9.76. The van der Waals surface area contributed by atoms with Crippen molar-refractivity contribution in [2.45, 2.75) is 31.6 Å². The molecule has 1 fully saturated rings. The number of alkyl halides is 2. The smallest absolute Gasteiger partial charge is 0.248 e. The minimum absolute atomic E-state index is 0.00322. The largest absolute Gasteiger partial charge is 0.396 e. The van der Waals surface area contributed by atoms with Gasteiger partial charge in [0.1, 0.15) is 5.82 Å². The van der Waals surface area contributed by atoms with Crippen LogP contribution in [0, 0.1) is 11.7 Å². The van der Waals surface area contributed by atoms with E-state index < -0.39 is 11.7 Å². The van der Waals surface area contributed by atoms with E-state index in [4.69, 9.17) is 5.73 Å². The lowest BCUT2D eigenvalue weighted by Crippen LogP contribution is -2.13. The molecule has 1 aliphatic carbocycles. The van der Waals surface area contributed by atoms with Crippen LogP contribution in [0.25, 0.3) is 0 Å². The van der Waals surface area contributed by atoms with Crippen LogP contribution in [0.4, 0.5) is 18.9 Å². The Morgan fingerprint density at radius 3 is 2.78 bits per heavy atom. The fraction of sp³-hybridized carbons (Fsp3) is 0.462. The number of nitrogens with two attached hydrogens (primary N) is 1. The molecule has 18 heavy (non-hydrogen) atoms. The molecule has 0 bridgehead atoms. The van der Waals surface area contributed by atoms with Crippen molar-refractivity contribution in [3.63, 3.8) is 0 Å². The molecular weight excluding hydrogens is 243 g/mol. The molecule has 5 heteroatoms. The summed E-state index contributed by atoms with van der Waals surface area (Å²) in [7, 11) is 0. The number of rotatable bonds is 3. The van der Waals surface area contributed by atoms with Gasteiger partial charge in [0.2, 0.25) is 5.92 Å². The van der Waals surface area contributed by atoms with Crippen LogP contribution in [0.5, 0.6) is 0 Å². The SMILES string of the molecule is Nc1c(F)cccc1C(=O)CC1CCC(F)(F)C1. The fourth-order valence-electron chi connectivity index (χ4n) is 2.37. The normalized spacial score (nSPS) is 22.1. The standard InChI is InChI=1S/C13H14F3NO/c14-10-3-1-2-9(12(10)17)11(18)6-8-4-5-13(15,16)7-8/h1-3,8H,4-7,17H2. The molecule has 1 aliphatic rings. The van der Waals surface area contributed by atoms with E-state index in [1.165, 1.54) is 12.1 Å². The second-order valence-corrected chi connectivity index (χ2v) is 4.79. The fourth-order valence-corrected chi connectivity index (χ4v) is 2.37. The number of halogens is 3. The van der Waals surface area contributed by atoms with Gasteiger partial charge in [-0.2, -0.15) is 0 Å². The van der Waals surface area contributed by atoms with Crippen molar-refractivity contribution in [3.05, 3.63) is 29.6 Å². The number of hydrogen-bond donors (Lipinski definition) is 1. The minimum Gasteiger partial charge on any atom is -0.396 e. The van der Waals surface area contributed by atoms with Crippen LogP contribution in [0.15, 0.2) is 18.2 Å². The van der Waals surface area contributed by atoms with Gasteiger partial charge in [0.05, 0.1) is 5.69 Å². The van der Waals surface area contributed by atoms with Crippen LogP contribution < -0.4 is 5.73 Å². The minimum atomic E-state index is -2.67. The van der Waals surface area contributed by atoms with Crippen molar-refractivity contribution < 1.29 is 18.0 Å². The van der Waals surface area contributed by atoms with E-state index in [-0.39, 0.29) is 42.2 Å². The summed E-state index contributed by atoms with van der Waals surface area (Å²) >= 11 is 0. The maximum Gasteiger partial charge on any atom is 0.248 e. The molecule has 0 heterocycles. The number of anilines is 1. The number of para-hydroxylation sites is 1. The van der Waals surface area contributed by atoms with Gasteiger partial charge in [-0.15, -0.1) is 0 Å². The van der Waals surface area contributed by atoms with Gasteiger partial charge in [-0.1, -0.05) is 6.07 Å². The van der Waals surface area contributed by atoms with Crippen LogP contribution in [-0.4, -0.2) is 11.7 Å². The van der Waals surface area contributed by atoms with E-state index in [1.807, 2.05) is 0 Å². The Balaban J connectivity index is 2.07. The predicted octanol–water partition coefficient (Wildman–Crippen LogP) is 3.42. The molecule has 0 radical (unpaired) electrons. The first-order chi connectivity index (χ1) is 8.39. The zero-order chi connectivity index (χ0) is 13.3. The molecule has 0 spiro atoms. The van der Waals surface area contributed by atoms with E-state index in [0.717, 1.165) is 6.07 Å². The molecule has 0 aromatic heterocycles. The molecule has 1 aromatic rings. The number of nitrogen functional groups attached to an aromatic ring is 1. The number of carbonyl (C=O) groups excluding carboxylic acids is 1. The molecular formula is C13H14F3NO. The summed E-state index contributed by atoms with van der Waals surface area (Å²) in [6.45, 7) is 0. The van der Waals surface area contributed by atoms with Gasteiger partial charge in [-0.05, 0) is 24.5 Å². The average Bonchev–Trinajstić information content (AvgIpc) is 2.62. The van der Waals surface area contributed by atoms with Crippen LogP contribution in [-0.2, 0) is 0 Å². The van der Waals surface area contributed by atoms with Crippen molar-refractivity contribution in [1.29, 1.82) is 0 Å². The molecule has 0 aliphatic heterocycles. The highest BCUT2D eigenvalue weighted by Gasteiger charge is 2.40. The van der Waals surface area contributed by atoms with Gasteiger partial charge in [0, 0.05) is 24.8 Å². The first-order valence-corrected chi connectivity index (χ1v) is 5.84. The van der Waals surface area contributed by atoms with Crippen LogP contribution >= 0.6 is 0 Å². The molecule has 0 amide bonds. The molecule has 2 nitrogen and oxygen atoms in total. The van der Waals surface area contributed by atoms with Gasteiger partial charge in [-0.25, -0.2) is 13.2 Å². The lowest BCUT2D eigenvalue weighted by molar-refractivity contribution is 0.00497. The van der Waals surface area contributed by atoms with Crippen LogP contribution in [0.3, 0.4) is 0 Å². The Morgan fingerprint density at radius 1 is 1.44 bits per heavy atom. The Morgan fingerprint density at radius 2 is 2.17 bits per heavy atom. The van der Waals surface area contributed by atoms with E-state index >= 15 is 0 Å². The summed E-state index contributed by atoms with van der Waals surface area (Å²) in [5.74, 6) is -4.03. The summed E-state index contributed by atoms with van der Waals surface area (Å²) < 4.78 is 39.2. The summed E-state index contributed by atoms with van der Waals surface area (Å²) in [4.78, 5) is 11.9. The van der Waals surface area contributed by atoms with Gasteiger partial charge in [0.25, 0.3) is 0 Å². The molecule has 0 saturated heterocycles. The summed E-state index contributed by atoms with van der Waals surface area (Å²) in [5, 5.41) is 0. The Kier molecular flexibility index (Phi) is 3.32. The van der Waals surface area contributed by atoms with Gasteiger partial charge >= 0.3 is 0 Å². The topological polar surface area (TPSA) is 43.1 Å². The molecule has 1 unspecified atom stereocenters. The van der Waals surface area contributed by atoms with Crippen LogP contribution in [0.2, 0.25) is 0 Å².